The number of nitrogens with zero attached hydrogens (tertiary/aromatic N) is 1. The largest absolute Gasteiger partial charge is 0.480 e. The van der Waals surface area contributed by atoms with Crippen LogP contribution in [0.25, 0.3) is 0 Å². The molecule has 3 aliphatic rings. The van der Waals surface area contributed by atoms with Crippen molar-refractivity contribution in [3.8, 4) is 0 Å². The van der Waals surface area contributed by atoms with Crippen molar-refractivity contribution in [2.75, 3.05) is 26.7 Å². The molecule has 2 N–H and O–H groups in total. The molecule has 3 fully saturated rings. The molecule has 18 heavy (non-hydrogen) atoms. The minimum Gasteiger partial charge on any atom is -0.480 e. The molecular formula is C14H24N2O2. The first kappa shape index (κ1) is 12.4. The van der Waals surface area contributed by atoms with E-state index in [-0.39, 0.29) is 0 Å². The Balaban J connectivity index is 1.68. The monoisotopic (exact) mass is 252 g/mol. The second kappa shape index (κ2) is 4.49. The van der Waals surface area contributed by atoms with Gasteiger partial charge in [0.15, 0.2) is 0 Å². The summed E-state index contributed by atoms with van der Waals surface area (Å²) in [6, 6.07) is 0. The summed E-state index contributed by atoms with van der Waals surface area (Å²) >= 11 is 0. The fourth-order valence-electron chi connectivity index (χ4n) is 4.15. The average Bonchev–Trinajstić information content (AvgIpc) is 2.98. The Hall–Kier alpha value is -0.610. The number of nitrogens with one attached hydrogen (secondary N) is 1. The first-order chi connectivity index (χ1) is 8.65. The summed E-state index contributed by atoms with van der Waals surface area (Å²) in [4.78, 5) is 14.1. The Morgan fingerprint density at radius 1 is 1.28 bits per heavy atom. The molecule has 2 aliphatic carbocycles. The van der Waals surface area contributed by atoms with Gasteiger partial charge in [0.05, 0.1) is 0 Å². The third kappa shape index (κ3) is 1.95. The molecule has 0 bridgehead atoms. The maximum atomic E-state index is 11.7. The molecule has 1 heterocycles. The number of hydrogen-bond acceptors (Lipinski definition) is 3. The molecule has 1 aliphatic heterocycles. The third-order valence-corrected chi connectivity index (χ3v) is 5.38. The minimum absolute atomic E-state index is 0.334. The second-order valence-corrected chi connectivity index (χ2v) is 6.45. The second-order valence-electron chi connectivity index (χ2n) is 6.45. The quantitative estimate of drug-likeness (QED) is 0.771. The van der Waals surface area contributed by atoms with Gasteiger partial charge in [-0.05, 0) is 50.5 Å². The zero-order chi connectivity index (χ0) is 12.8. The summed E-state index contributed by atoms with van der Waals surface area (Å²) < 4.78 is 0. The summed E-state index contributed by atoms with van der Waals surface area (Å²) in [5.74, 6) is 1.35. The van der Waals surface area contributed by atoms with Crippen LogP contribution >= 0.6 is 0 Å². The fourth-order valence-corrected chi connectivity index (χ4v) is 4.15. The number of likely N-dealkylation sites (tertiary alicyclic amines) is 1. The van der Waals surface area contributed by atoms with E-state index in [0.29, 0.717) is 12.5 Å². The average molecular weight is 252 g/mol. The van der Waals surface area contributed by atoms with Gasteiger partial charge in [-0.2, -0.15) is 0 Å². The highest BCUT2D eigenvalue weighted by molar-refractivity contribution is 5.80. The highest BCUT2D eigenvalue weighted by Crippen LogP contribution is 2.43. The van der Waals surface area contributed by atoms with Crippen LogP contribution in [-0.2, 0) is 4.79 Å². The normalized spacial score (nSPS) is 35.4. The van der Waals surface area contributed by atoms with E-state index in [1.807, 2.05) is 7.05 Å². The van der Waals surface area contributed by atoms with E-state index in [0.717, 1.165) is 37.8 Å². The molecule has 0 aromatic rings. The van der Waals surface area contributed by atoms with Gasteiger partial charge in [-0.25, -0.2) is 0 Å². The van der Waals surface area contributed by atoms with Crippen LogP contribution in [0.15, 0.2) is 0 Å². The highest BCUT2D eigenvalue weighted by atomic mass is 16.4. The van der Waals surface area contributed by atoms with Crippen molar-refractivity contribution in [1.29, 1.82) is 0 Å². The maximum Gasteiger partial charge on any atom is 0.325 e. The van der Waals surface area contributed by atoms with Crippen LogP contribution in [0.2, 0.25) is 0 Å². The summed E-state index contributed by atoms with van der Waals surface area (Å²) in [6.45, 7) is 2.93. The van der Waals surface area contributed by atoms with E-state index in [4.69, 9.17) is 0 Å². The van der Waals surface area contributed by atoms with Crippen LogP contribution in [0.4, 0.5) is 0 Å². The van der Waals surface area contributed by atoms with Gasteiger partial charge >= 0.3 is 5.97 Å². The van der Waals surface area contributed by atoms with E-state index in [2.05, 4.69) is 10.2 Å². The topological polar surface area (TPSA) is 52.6 Å². The number of rotatable bonds is 5. The Bertz CT molecular complexity index is 331. The summed E-state index contributed by atoms with van der Waals surface area (Å²) in [6.07, 6.45) is 6.21. The molecule has 0 spiro atoms. The summed E-state index contributed by atoms with van der Waals surface area (Å²) in [5.41, 5.74) is -0.696. The lowest BCUT2D eigenvalue weighted by molar-refractivity contribution is -0.146. The zero-order valence-corrected chi connectivity index (χ0v) is 11.2. The molecule has 1 saturated heterocycles. The Morgan fingerprint density at radius 2 is 1.89 bits per heavy atom. The SMILES string of the molecule is CNC(CN1CC2CCCC2C1)(C(=O)O)C1CC1. The van der Waals surface area contributed by atoms with E-state index < -0.39 is 11.5 Å². The van der Waals surface area contributed by atoms with Crippen LogP contribution in [0.1, 0.15) is 32.1 Å². The van der Waals surface area contributed by atoms with Crippen molar-refractivity contribution in [2.24, 2.45) is 17.8 Å². The number of carboxylic acids is 1. The number of aliphatic carboxylic acids is 1. The molecule has 0 radical (unpaired) electrons. The lowest BCUT2D eigenvalue weighted by Crippen LogP contribution is -2.59. The molecule has 3 rings (SSSR count). The number of carbonyl (C=O) groups is 1. The van der Waals surface area contributed by atoms with Crippen molar-refractivity contribution in [3.63, 3.8) is 0 Å². The van der Waals surface area contributed by atoms with Crippen LogP contribution in [0.5, 0.6) is 0 Å². The smallest absolute Gasteiger partial charge is 0.325 e. The molecule has 102 valence electrons. The predicted octanol–water partition coefficient (Wildman–Crippen LogP) is 1.17. The first-order valence-electron chi connectivity index (χ1n) is 7.30. The molecule has 3 atom stereocenters. The van der Waals surface area contributed by atoms with Gasteiger partial charge in [-0.15, -0.1) is 0 Å². The van der Waals surface area contributed by atoms with Gasteiger partial charge < -0.3 is 15.3 Å². The van der Waals surface area contributed by atoms with Gasteiger partial charge in [0.2, 0.25) is 0 Å². The third-order valence-electron chi connectivity index (χ3n) is 5.38. The van der Waals surface area contributed by atoms with Gasteiger partial charge in [0.25, 0.3) is 0 Å². The maximum absolute atomic E-state index is 11.7. The van der Waals surface area contributed by atoms with Gasteiger partial charge in [0, 0.05) is 19.6 Å². The molecule has 2 saturated carbocycles. The lowest BCUT2D eigenvalue weighted by Gasteiger charge is -2.33. The number of hydrogen-bond donors (Lipinski definition) is 2. The minimum atomic E-state index is -0.696. The van der Waals surface area contributed by atoms with Crippen LogP contribution in [-0.4, -0.2) is 48.2 Å². The lowest BCUT2D eigenvalue weighted by atomic mass is 9.92. The van der Waals surface area contributed by atoms with Crippen LogP contribution < -0.4 is 5.32 Å². The van der Waals surface area contributed by atoms with Crippen LogP contribution in [0.3, 0.4) is 0 Å². The predicted molar refractivity (Wildman–Crippen MR) is 69.4 cm³/mol. The molecular weight excluding hydrogens is 228 g/mol. The van der Waals surface area contributed by atoms with Gasteiger partial charge in [-0.1, -0.05) is 6.42 Å². The molecule has 3 unspecified atom stereocenters. The molecule has 0 aromatic heterocycles. The van der Waals surface area contributed by atoms with E-state index >= 15 is 0 Å². The van der Waals surface area contributed by atoms with Crippen molar-refractivity contribution in [2.45, 2.75) is 37.6 Å². The van der Waals surface area contributed by atoms with Crippen molar-refractivity contribution >= 4 is 5.97 Å². The van der Waals surface area contributed by atoms with Crippen molar-refractivity contribution in [3.05, 3.63) is 0 Å². The zero-order valence-electron chi connectivity index (χ0n) is 11.2. The summed E-state index contributed by atoms with van der Waals surface area (Å²) in [7, 11) is 1.81. The Morgan fingerprint density at radius 3 is 2.33 bits per heavy atom. The Labute approximate surface area is 109 Å². The van der Waals surface area contributed by atoms with E-state index in [1.54, 1.807) is 0 Å². The van der Waals surface area contributed by atoms with Crippen molar-refractivity contribution in [1.82, 2.24) is 10.2 Å². The number of carboxylic acid groups (broad SMARTS) is 1. The van der Waals surface area contributed by atoms with E-state index in [1.165, 1.54) is 19.3 Å². The van der Waals surface area contributed by atoms with E-state index in [9.17, 15) is 9.90 Å². The first-order valence-corrected chi connectivity index (χ1v) is 7.30. The van der Waals surface area contributed by atoms with Crippen LogP contribution in [0, 0.1) is 17.8 Å². The van der Waals surface area contributed by atoms with Crippen molar-refractivity contribution < 1.29 is 9.90 Å². The Kier molecular flexibility index (Phi) is 3.10. The number of likely N-dealkylation sites (N-methyl/N-ethyl adjacent to an activating group) is 1. The molecule has 0 aromatic carbocycles. The van der Waals surface area contributed by atoms with Gasteiger partial charge in [0.1, 0.15) is 5.54 Å². The standard InChI is InChI=1S/C14H24N2O2/c1-15-14(13(17)18,12-5-6-12)9-16-7-10-3-2-4-11(10)8-16/h10-12,15H,2-9H2,1H3,(H,17,18). The fraction of sp³-hybridized carbons (Fsp3) is 0.929. The highest BCUT2D eigenvalue weighted by Gasteiger charge is 2.52. The summed E-state index contributed by atoms with van der Waals surface area (Å²) in [5, 5.41) is 12.7. The number of fused-ring (bicyclic) bond motifs is 1. The molecule has 0 amide bonds. The molecule has 4 heteroatoms. The molecule has 4 nitrogen and oxygen atoms in total. The van der Waals surface area contributed by atoms with Gasteiger partial charge in [-0.3, -0.25) is 4.79 Å².